The second-order valence-corrected chi connectivity index (χ2v) is 5.07. The van der Waals surface area contributed by atoms with E-state index in [1.54, 1.807) is 9.80 Å². The summed E-state index contributed by atoms with van der Waals surface area (Å²) >= 11 is 0. The molecule has 0 aromatic rings. The van der Waals surface area contributed by atoms with E-state index in [-0.39, 0.29) is 34.5 Å². The van der Waals surface area contributed by atoms with Crippen LogP contribution in [0.4, 0.5) is 9.59 Å². The summed E-state index contributed by atoms with van der Waals surface area (Å²) in [6.45, 7) is 10.4. The summed E-state index contributed by atoms with van der Waals surface area (Å²) in [7, 11) is 2.03. The van der Waals surface area contributed by atoms with Crippen molar-refractivity contribution in [2.75, 3.05) is 26.2 Å². The molecular formula is C10H20IN2O2S2. The van der Waals surface area contributed by atoms with Crippen molar-refractivity contribution in [1.29, 1.82) is 0 Å². The van der Waals surface area contributed by atoms with Crippen LogP contribution in [0.2, 0.25) is 0 Å². The van der Waals surface area contributed by atoms with E-state index in [1.165, 1.54) is 0 Å². The molecule has 0 spiro atoms. The van der Waals surface area contributed by atoms with Crippen molar-refractivity contribution in [3.8, 4) is 0 Å². The van der Waals surface area contributed by atoms with Crippen LogP contribution in [-0.4, -0.2) is 46.5 Å². The van der Waals surface area contributed by atoms with Crippen LogP contribution < -0.4 is 0 Å². The largest absolute Gasteiger partial charge is 0.333 e. The number of hydrogen-bond acceptors (Lipinski definition) is 4. The number of halogens is 1. The zero-order chi connectivity index (χ0) is 12.6. The molecule has 0 aromatic carbocycles. The van der Waals surface area contributed by atoms with Gasteiger partial charge in [0.05, 0.1) is 0 Å². The lowest BCUT2D eigenvalue weighted by molar-refractivity contribution is 0.227. The second kappa shape index (κ2) is 11.5. The topological polar surface area (TPSA) is 40.6 Å². The van der Waals surface area contributed by atoms with E-state index >= 15 is 0 Å². The van der Waals surface area contributed by atoms with Gasteiger partial charge >= 0.3 is 0 Å². The molecule has 0 bridgehead atoms. The van der Waals surface area contributed by atoms with Crippen molar-refractivity contribution in [2.45, 2.75) is 27.7 Å². The number of carbonyl (C=O) groups is 2. The third kappa shape index (κ3) is 7.40. The van der Waals surface area contributed by atoms with Crippen molar-refractivity contribution in [3.05, 3.63) is 0 Å². The van der Waals surface area contributed by atoms with E-state index in [2.05, 4.69) is 0 Å². The Labute approximate surface area is 129 Å². The fourth-order valence-electron chi connectivity index (χ4n) is 1.14. The van der Waals surface area contributed by atoms with Gasteiger partial charge in [-0.2, -0.15) is 0 Å². The average molecular weight is 391 g/mol. The smallest absolute Gasteiger partial charge is 0.292 e. The van der Waals surface area contributed by atoms with Crippen molar-refractivity contribution in [2.24, 2.45) is 0 Å². The fraction of sp³-hybridized carbons (Fsp3) is 0.800. The Bertz CT molecular complexity index is 210. The highest BCUT2D eigenvalue weighted by molar-refractivity contribution is 14.0. The molecule has 0 fully saturated rings. The first-order chi connectivity index (χ1) is 7.60. The quantitative estimate of drug-likeness (QED) is 0.533. The monoisotopic (exact) mass is 391 g/mol. The molecule has 0 atom stereocenters. The maximum absolute atomic E-state index is 11.6. The summed E-state index contributed by atoms with van der Waals surface area (Å²) in [6.07, 6.45) is 0. The Balaban J connectivity index is 0. The van der Waals surface area contributed by atoms with Crippen molar-refractivity contribution >= 4 is 56.0 Å². The lowest BCUT2D eigenvalue weighted by Gasteiger charge is -2.19. The summed E-state index contributed by atoms with van der Waals surface area (Å²) in [6, 6.07) is 0. The molecule has 0 aliphatic heterocycles. The number of amides is 2. The molecule has 0 unspecified atom stereocenters. The maximum atomic E-state index is 11.6. The van der Waals surface area contributed by atoms with Gasteiger partial charge in [0, 0.05) is 71.7 Å². The highest BCUT2D eigenvalue weighted by Crippen LogP contribution is 2.27. The van der Waals surface area contributed by atoms with Gasteiger partial charge in [0.1, 0.15) is 0 Å². The van der Waals surface area contributed by atoms with Crippen molar-refractivity contribution < 1.29 is 9.59 Å². The van der Waals surface area contributed by atoms with Crippen LogP contribution in [0.5, 0.6) is 0 Å². The molecule has 2 amide bonds. The van der Waals surface area contributed by atoms with Crippen LogP contribution in [0.15, 0.2) is 0 Å². The predicted molar refractivity (Wildman–Crippen MR) is 85.8 cm³/mol. The Morgan fingerprint density at radius 1 is 0.765 bits per heavy atom. The van der Waals surface area contributed by atoms with Gasteiger partial charge in [-0.25, -0.2) is 0 Å². The van der Waals surface area contributed by atoms with Gasteiger partial charge in [-0.1, -0.05) is 0 Å². The summed E-state index contributed by atoms with van der Waals surface area (Å²) in [4.78, 5) is 26.6. The van der Waals surface area contributed by atoms with Crippen molar-refractivity contribution in [3.63, 3.8) is 0 Å². The van der Waals surface area contributed by atoms with Crippen LogP contribution in [0.1, 0.15) is 27.7 Å². The molecule has 101 valence electrons. The Morgan fingerprint density at radius 2 is 1.00 bits per heavy atom. The Hall–Kier alpha value is 0.370. The van der Waals surface area contributed by atoms with Gasteiger partial charge in [0.15, 0.2) is 0 Å². The minimum Gasteiger partial charge on any atom is -0.333 e. The van der Waals surface area contributed by atoms with Gasteiger partial charge in [0.25, 0.3) is 10.5 Å². The zero-order valence-corrected chi connectivity index (χ0v) is 14.5. The first-order valence-corrected chi connectivity index (χ1v) is 7.67. The molecule has 0 aliphatic rings. The first-order valence-electron chi connectivity index (χ1n) is 5.52. The van der Waals surface area contributed by atoms with Gasteiger partial charge in [0.2, 0.25) is 0 Å². The number of hydrogen-bond donors (Lipinski definition) is 0. The summed E-state index contributed by atoms with van der Waals surface area (Å²) in [5.41, 5.74) is 0. The molecule has 0 N–H and O–H groups in total. The van der Waals surface area contributed by atoms with E-state index in [0.717, 1.165) is 21.6 Å². The minimum atomic E-state index is -0.0458. The van der Waals surface area contributed by atoms with Gasteiger partial charge in [-0.3, -0.25) is 9.59 Å². The average Bonchev–Trinajstić information content (AvgIpc) is 2.29. The minimum absolute atomic E-state index is 0. The number of carbonyl (C=O) groups excluding carboxylic acids is 2. The third-order valence-corrected chi connectivity index (χ3v) is 4.22. The predicted octanol–water partition coefficient (Wildman–Crippen LogP) is 4.18. The third-order valence-electron chi connectivity index (χ3n) is 2.23. The van der Waals surface area contributed by atoms with Crippen LogP contribution in [0, 0.1) is 0 Å². The van der Waals surface area contributed by atoms with E-state index in [0.29, 0.717) is 26.2 Å². The summed E-state index contributed by atoms with van der Waals surface area (Å²) in [5.74, 6) is 0. The molecule has 0 saturated heterocycles. The lowest BCUT2D eigenvalue weighted by Crippen LogP contribution is -2.28. The molecule has 0 heterocycles. The van der Waals surface area contributed by atoms with Crippen LogP contribution in [0.25, 0.3) is 0 Å². The molecule has 0 saturated carbocycles. The van der Waals surface area contributed by atoms with E-state index in [4.69, 9.17) is 0 Å². The van der Waals surface area contributed by atoms with E-state index in [1.807, 2.05) is 27.7 Å². The van der Waals surface area contributed by atoms with E-state index in [9.17, 15) is 9.59 Å². The van der Waals surface area contributed by atoms with Gasteiger partial charge < -0.3 is 9.80 Å². The first kappa shape index (κ1) is 19.7. The number of rotatable bonds is 4. The lowest BCUT2D eigenvalue weighted by atomic mass is 10.6. The van der Waals surface area contributed by atoms with Gasteiger partial charge in [-0.15, -0.1) is 0 Å². The standard InChI is InChI=1S/C10H20N2O2S2.I/c1-5-11(6-2)9(13)15-16-10(14)12(7-3)8-4;/h5-8H2,1-4H3;. The van der Waals surface area contributed by atoms with Crippen LogP contribution in [0.3, 0.4) is 0 Å². The van der Waals surface area contributed by atoms with E-state index < -0.39 is 0 Å². The van der Waals surface area contributed by atoms with Crippen molar-refractivity contribution in [1.82, 2.24) is 9.80 Å². The van der Waals surface area contributed by atoms with Crippen LogP contribution in [-0.2, 0) is 0 Å². The molecule has 7 heteroatoms. The van der Waals surface area contributed by atoms with Crippen LogP contribution >= 0.6 is 45.6 Å². The molecule has 1 radical (unpaired) electrons. The molecule has 17 heavy (non-hydrogen) atoms. The molecule has 4 nitrogen and oxygen atoms in total. The Kier molecular flexibility index (Phi) is 13.3. The fourth-order valence-corrected chi connectivity index (χ4v) is 3.07. The molecule has 0 aromatic heterocycles. The molecule has 0 rings (SSSR count). The maximum Gasteiger partial charge on any atom is 0.292 e. The van der Waals surface area contributed by atoms with Gasteiger partial charge in [-0.05, 0) is 27.7 Å². The normalized spacial score (nSPS) is 9.41. The number of nitrogens with zero attached hydrogens (tertiary/aromatic N) is 2. The molecule has 0 aliphatic carbocycles. The summed E-state index contributed by atoms with van der Waals surface area (Å²) < 4.78 is 0. The summed E-state index contributed by atoms with van der Waals surface area (Å²) in [5, 5.41) is -0.0917. The second-order valence-electron chi connectivity index (χ2n) is 3.04. The Morgan fingerprint density at radius 3 is 1.18 bits per heavy atom. The SMILES string of the molecule is CCN(CC)C(=O)SSC(=O)N(CC)CC.[I]. The molecular weight excluding hydrogens is 371 g/mol. The highest BCUT2D eigenvalue weighted by atomic mass is 127. The zero-order valence-electron chi connectivity index (χ0n) is 10.7. The highest BCUT2D eigenvalue weighted by Gasteiger charge is 2.16.